The lowest BCUT2D eigenvalue weighted by Crippen LogP contribution is -2.52. The Bertz CT molecular complexity index is 975. The number of fused-ring (bicyclic) bond motifs is 1. The maximum absolute atomic E-state index is 15.1. The van der Waals surface area contributed by atoms with E-state index in [4.69, 9.17) is 10.5 Å². The highest BCUT2D eigenvalue weighted by atomic mass is 19.2. The molecule has 0 spiro atoms. The van der Waals surface area contributed by atoms with E-state index in [0.717, 1.165) is 0 Å². The molecular formula is C19H23F3N6O2. The SMILES string of the molecule is Cc1nc(N)c2c(F)c(F)c(N3CCN(CC(=O)N4CCOCC4)CC3)c(F)c2n1. The van der Waals surface area contributed by atoms with Crippen molar-refractivity contribution < 1.29 is 22.7 Å². The molecule has 30 heavy (non-hydrogen) atoms. The van der Waals surface area contributed by atoms with Crippen LogP contribution < -0.4 is 10.6 Å². The molecule has 2 aromatic rings. The summed E-state index contributed by atoms with van der Waals surface area (Å²) in [4.78, 5) is 25.2. The van der Waals surface area contributed by atoms with Gasteiger partial charge in [-0.2, -0.15) is 0 Å². The summed E-state index contributed by atoms with van der Waals surface area (Å²) in [5.74, 6) is -3.66. The first-order valence-corrected chi connectivity index (χ1v) is 9.80. The van der Waals surface area contributed by atoms with Gasteiger partial charge in [-0.25, -0.2) is 23.1 Å². The van der Waals surface area contributed by atoms with Crippen molar-refractivity contribution in [2.24, 2.45) is 0 Å². The molecule has 8 nitrogen and oxygen atoms in total. The number of aromatic nitrogens is 2. The Kier molecular flexibility index (Phi) is 5.65. The first-order valence-electron chi connectivity index (χ1n) is 9.80. The van der Waals surface area contributed by atoms with Crippen LogP contribution in [0.15, 0.2) is 0 Å². The smallest absolute Gasteiger partial charge is 0.236 e. The van der Waals surface area contributed by atoms with Crippen LogP contribution in [0.2, 0.25) is 0 Å². The normalized spacial score (nSPS) is 18.3. The zero-order chi connectivity index (χ0) is 21.4. The van der Waals surface area contributed by atoms with Gasteiger partial charge in [-0.1, -0.05) is 0 Å². The predicted octanol–water partition coefficient (Wildman–Crippen LogP) is 0.919. The molecule has 2 saturated heterocycles. The van der Waals surface area contributed by atoms with Gasteiger partial charge >= 0.3 is 0 Å². The largest absolute Gasteiger partial charge is 0.383 e. The number of carbonyl (C=O) groups is 1. The van der Waals surface area contributed by atoms with Crippen LogP contribution in [0.4, 0.5) is 24.7 Å². The summed E-state index contributed by atoms with van der Waals surface area (Å²) >= 11 is 0. The molecular weight excluding hydrogens is 401 g/mol. The average molecular weight is 424 g/mol. The Morgan fingerprint density at radius 3 is 2.33 bits per heavy atom. The lowest BCUT2D eigenvalue weighted by atomic mass is 10.1. The molecule has 2 aliphatic heterocycles. The van der Waals surface area contributed by atoms with E-state index in [1.54, 1.807) is 4.90 Å². The highest BCUT2D eigenvalue weighted by Gasteiger charge is 2.30. The second kappa shape index (κ2) is 8.23. The van der Waals surface area contributed by atoms with Crippen LogP contribution in [0.1, 0.15) is 5.82 Å². The molecule has 1 aromatic heterocycles. The van der Waals surface area contributed by atoms with Crippen LogP contribution in [-0.4, -0.2) is 84.7 Å². The number of benzene rings is 1. The van der Waals surface area contributed by atoms with Crippen molar-refractivity contribution in [1.82, 2.24) is 19.8 Å². The predicted molar refractivity (Wildman–Crippen MR) is 105 cm³/mol. The monoisotopic (exact) mass is 424 g/mol. The third-order valence-electron chi connectivity index (χ3n) is 5.50. The molecule has 2 fully saturated rings. The fourth-order valence-corrected chi connectivity index (χ4v) is 3.90. The van der Waals surface area contributed by atoms with Gasteiger partial charge in [0, 0.05) is 39.3 Å². The molecule has 11 heteroatoms. The topological polar surface area (TPSA) is 87.8 Å². The highest BCUT2D eigenvalue weighted by Crippen LogP contribution is 2.35. The van der Waals surface area contributed by atoms with Gasteiger partial charge in [-0.15, -0.1) is 0 Å². The molecule has 0 radical (unpaired) electrons. The van der Waals surface area contributed by atoms with Crippen LogP contribution in [0, 0.1) is 24.4 Å². The Labute approximate surface area is 171 Å². The Morgan fingerprint density at radius 2 is 1.67 bits per heavy atom. The summed E-state index contributed by atoms with van der Waals surface area (Å²) in [6, 6.07) is 0. The van der Waals surface area contributed by atoms with Gasteiger partial charge in [0.2, 0.25) is 5.91 Å². The van der Waals surface area contributed by atoms with E-state index in [1.165, 1.54) is 11.8 Å². The summed E-state index contributed by atoms with van der Waals surface area (Å²) in [5.41, 5.74) is 4.87. The van der Waals surface area contributed by atoms with Gasteiger partial charge in [0.25, 0.3) is 0 Å². The number of amides is 1. The lowest BCUT2D eigenvalue weighted by Gasteiger charge is -2.37. The van der Waals surface area contributed by atoms with Crippen molar-refractivity contribution in [3.8, 4) is 0 Å². The average Bonchev–Trinajstić information content (AvgIpc) is 2.73. The fourth-order valence-electron chi connectivity index (χ4n) is 3.90. The number of hydrogen-bond acceptors (Lipinski definition) is 7. The van der Waals surface area contributed by atoms with Crippen LogP contribution in [-0.2, 0) is 9.53 Å². The number of nitrogen functional groups attached to an aromatic ring is 1. The van der Waals surface area contributed by atoms with E-state index in [1.807, 2.05) is 4.90 Å². The minimum atomic E-state index is -1.31. The van der Waals surface area contributed by atoms with Crippen LogP contribution in [0.5, 0.6) is 0 Å². The van der Waals surface area contributed by atoms with E-state index in [-0.39, 0.29) is 42.7 Å². The molecule has 0 aliphatic carbocycles. The standard InChI is InChI=1S/C19H23F3N6O2/c1-11-24-17-13(19(23)25-11)14(20)15(21)18(16(17)22)28-4-2-26(3-5-28)10-12(29)27-6-8-30-9-7-27/h2-10H2,1H3,(H2,23,24,25). The van der Waals surface area contributed by atoms with Gasteiger partial charge in [0.1, 0.15) is 22.8 Å². The summed E-state index contributed by atoms with van der Waals surface area (Å²) < 4.78 is 49.8. The van der Waals surface area contributed by atoms with Gasteiger partial charge in [0.05, 0.1) is 25.1 Å². The molecule has 0 unspecified atom stereocenters. The van der Waals surface area contributed by atoms with Crippen molar-refractivity contribution in [3.05, 3.63) is 23.3 Å². The second-order valence-electron chi connectivity index (χ2n) is 7.43. The second-order valence-corrected chi connectivity index (χ2v) is 7.43. The van der Waals surface area contributed by atoms with Gasteiger partial charge in [-0.3, -0.25) is 9.69 Å². The zero-order valence-electron chi connectivity index (χ0n) is 16.6. The highest BCUT2D eigenvalue weighted by molar-refractivity contribution is 5.92. The van der Waals surface area contributed by atoms with Gasteiger partial charge < -0.3 is 20.3 Å². The van der Waals surface area contributed by atoms with Crippen molar-refractivity contribution >= 4 is 28.3 Å². The Hall–Kier alpha value is -2.66. The quantitative estimate of drug-likeness (QED) is 0.733. The zero-order valence-corrected chi connectivity index (χ0v) is 16.6. The number of morpholine rings is 1. The molecule has 162 valence electrons. The van der Waals surface area contributed by atoms with E-state index in [0.29, 0.717) is 39.4 Å². The third kappa shape index (κ3) is 3.74. The summed E-state index contributed by atoms with van der Waals surface area (Å²) in [6.07, 6.45) is 0. The van der Waals surface area contributed by atoms with Crippen molar-refractivity contribution in [2.45, 2.75) is 6.92 Å². The molecule has 1 amide bonds. The van der Waals surface area contributed by atoms with Gasteiger partial charge in [-0.05, 0) is 6.92 Å². The number of anilines is 2. The number of carbonyl (C=O) groups excluding carboxylic acids is 1. The first-order chi connectivity index (χ1) is 14.4. The molecule has 2 N–H and O–H groups in total. The molecule has 0 saturated carbocycles. The number of halogens is 3. The summed E-state index contributed by atoms with van der Waals surface area (Å²) in [7, 11) is 0. The minimum Gasteiger partial charge on any atom is -0.383 e. The van der Waals surface area contributed by atoms with Gasteiger partial charge in [0.15, 0.2) is 17.5 Å². The van der Waals surface area contributed by atoms with E-state index < -0.39 is 28.5 Å². The maximum Gasteiger partial charge on any atom is 0.236 e. The molecule has 0 bridgehead atoms. The molecule has 2 aliphatic rings. The maximum atomic E-state index is 15.1. The molecule has 3 heterocycles. The van der Waals surface area contributed by atoms with Crippen molar-refractivity contribution in [3.63, 3.8) is 0 Å². The Morgan fingerprint density at radius 1 is 1.00 bits per heavy atom. The van der Waals surface area contributed by atoms with Crippen LogP contribution >= 0.6 is 0 Å². The minimum absolute atomic E-state index is 0.00325. The van der Waals surface area contributed by atoms with E-state index in [9.17, 15) is 13.6 Å². The lowest BCUT2D eigenvalue weighted by molar-refractivity contribution is -0.136. The number of piperazine rings is 1. The van der Waals surface area contributed by atoms with Crippen molar-refractivity contribution in [2.75, 3.05) is 69.7 Å². The first kappa shape index (κ1) is 20.6. The number of nitrogens with zero attached hydrogens (tertiary/aromatic N) is 5. The number of nitrogens with two attached hydrogens (primary N) is 1. The number of aryl methyl sites for hydroxylation is 1. The third-order valence-corrected chi connectivity index (χ3v) is 5.50. The Balaban J connectivity index is 1.51. The summed E-state index contributed by atoms with van der Waals surface area (Å²) in [6.45, 7) is 5.24. The van der Waals surface area contributed by atoms with Crippen molar-refractivity contribution in [1.29, 1.82) is 0 Å². The van der Waals surface area contributed by atoms with E-state index >= 15 is 4.39 Å². The van der Waals surface area contributed by atoms with Crippen LogP contribution in [0.3, 0.4) is 0 Å². The summed E-state index contributed by atoms with van der Waals surface area (Å²) in [5, 5.41) is -0.450. The molecule has 1 aromatic carbocycles. The van der Waals surface area contributed by atoms with Crippen LogP contribution in [0.25, 0.3) is 10.9 Å². The number of hydrogen-bond donors (Lipinski definition) is 1. The molecule has 4 rings (SSSR count). The fraction of sp³-hybridized carbons (Fsp3) is 0.526. The number of ether oxygens (including phenoxy) is 1. The molecule has 0 atom stereocenters. The number of rotatable bonds is 3. The van der Waals surface area contributed by atoms with E-state index in [2.05, 4.69) is 9.97 Å².